The number of anilines is 1. The van der Waals surface area contributed by atoms with E-state index < -0.39 is 5.91 Å². The summed E-state index contributed by atoms with van der Waals surface area (Å²) in [6.07, 6.45) is 5.11. The number of aromatic nitrogens is 5. The Morgan fingerprint density at radius 1 is 1.11 bits per heavy atom. The molecule has 0 fully saturated rings. The number of nitrogens with one attached hydrogen (secondary N) is 1. The summed E-state index contributed by atoms with van der Waals surface area (Å²) in [5, 5.41) is 11.1. The van der Waals surface area contributed by atoms with Crippen molar-refractivity contribution in [2.24, 2.45) is 0 Å². The Hall–Kier alpha value is -3.68. The van der Waals surface area contributed by atoms with Gasteiger partial charge in [0.2, 0.25) is 5.95 Å². The number of carbonyl (C=O) groups is 1. The van der Waals surface area contributed by atoms with Crippen LogP contribution in [0.25, 0.3) is 0 Å². The lowest BCUT2D eigenvalue weighted by Crippen LogP contribution is -2.13. The fourth-order valence-electron chi connectivity index (χ4n) is 2.69. The van der Waals surface area contributed by atoms with Crippen molar-refractivity contribution in [1.29, 1.82) is 0 Å². The summed E-state index contributed by atoms with van der Waals surface area (Å²) in [7, 11) is 0. The van der Waals surface area contributed by atoms with Gasteiger partial charge in [0.15, 0.2) is 5.76 Å². The molecule has 1 aromatic carbocycles. The summed E-state index contributed by atoms with van der Waals surface area (Å²) in [6.45, 7) is 3.10. The molecule has 8 nitrogen and oxygen atoms in total. The van der Waals surface area contributed by atoms with Crippen molar-refractivity contribution in [3.8, 4) is 0 Å². The molecule has 3 heterocycles. The highest BCUT2D eigenvalue weighted by Crippen LogP contribution is 2.12. The minimum Gasteiger partial charge on any atom is -0.454 e. The number of benzene rings is 1. The van der Waals surface area contributed by atoms with Crippen molar-refractivity contribution in [1.82, 2.24) is 24.5 Å². The Balaban J connectivity index is 1.39. The van der Waals surface area contributed by atoms with Crippen LogP contribution in [0.2, 0.25) is 0 Å². The highest BCUT2D eigenvalue weighted by atomic mass is 16.4. The van der Waals surface area contributed by atoms with Crippen molar-refractivity contribution in [2.75, 3.05) is 5.32 Å². The zero-order chi connectivity index (χ0) is 18.6. The average Bonchev–Trinajstić information content (AvgIpc) is 3.40. The first-order valence-electron chi connectivity index (χ1n) is 8.49. The quantitative estimate of drug-likeness (QED) is 0.569. The zero-order valence-corrected chi connectivity index (χ0v) is 14.7. The summed E-state index contributed by atoms with van der Waals surface area (Å²) in [5.41, 5.74) is 2.33. The van der Waals surface area contributed by atoms with E-state index in [2.05, 4.69) is 20.5 Å². The maximum atomic E-state index is 12.3. The maximum Gasteiger partial charge on any atom is 0.293 e. The molecular weight excluding hydrogens is 344 g/mol. The van der Waals surface area contributed by atoms with Gasteiger partial charge in [-0.3, -0.25) is 14.8 Å². The third kappa shape index (κ3) is 3.95. The summed E-state index contributed by atoms with van der Waals surface area (Å²) in [4.78, 5) is 16.5. The molecule has 0 aliphatic rings. The van der Waals surface area contributed by atoms with Crippen LogP contribution in [0.1, 0.15) is 27.4 Å². The second-order valence-corrected chi connectivity index (χ2v) is 6.12. The van der Waals surface area contributed by atoms with Crippen LogP contribution in [0, 0.1) is 6.92 Å². The summed E-state index contributed by atoms with van der Waals surface area (Å²) >= 11 is 0. The first-order chi connectivity index (χ1) is 13.2. The summed E-state index contributed by atoms with van der Waals surface area (Å²) < 4.78 is 8.98. The van der Waals surface area contributed by atoms with Crippen molar-refractivity contribution in [3.05, 3.63) is 83.8 Å². The number of hydrogen-bond acceptors (Lipinski definition) is 5. The Bertz CT molecular complexity index is 1050. The van der Waals surface area contributed by atoms with Gasteiger partial charge in [-0.1, -0.05) is 24.3 Å². The number of furan rings is 1. The van der Waals surface area contributed by atoms with E-state index in [1.54, 1.807) is 34.0 Å². The van der Waals surface area contributed by atoms with Gasteiger partial charge in [0, 0.05) is 12.4 Å². The molecule has 0 aliphatic heterocycles. The molecule has 0 aliphatic carbocycles. The van der Waals surface area contributed by atoms with Crippen molar-refractivity contribution < 1.29 is 9.21 Å². The SMILES string of the molecule is Cc1ccccc1Cn1cnc(NC(=O)c2ccc(Cn3cccn3)o2)n1. The van der Waals surface area contributed by atoms with Gasteiger partial charge in [0.1, 0.15) is 12.1 Å². The molecule has 136 valence electrons. The molecule has 4 aromatic rings. The molecule has 1 N–H and O–H groups in total. The largest absolute Gasteiger partial charge is 0.454 e. The minimum absolute atomic E-state index is 0.201. The number of amides is 1. The fraction of sp³-hybridized carbons (Fsp3) is 0.158. The van der Waals surface area contributed by atoms with Gasteiger partial charge in [-0.15, -0.1) is 5.10 Å². The van der Waals surface area contributed by atoms with Gasteiger partial charge in [-0.25, -0.2) is 9.67 Å². The minimum atomic E-state index is -0.393. The van der Waals surface area contributed by atoms with Gasteiger partial charge in [0.25, 0.3) is 5.91 Å². The maximum absolute atomic E-state index is 12.3. The van der Waals surface area contributed by atoms with Crippen LogP contribution < -0.4 is 5.32 Å². The van der Waals surface area contributed by atoms with Crippen molar-refractivity contribution >= 4 is 11.9 Å². The molecule has 0 saturated carbocycles. The highest BCUT2D eigenvalue weighted by molar-refractivity contribution is 6.01. The van der Waals surface area contributed by atoms with Gasteiger partial charge >= 0.3 is 0 Å². The Morgan fingerprint density at radius 2 is 2.00 bits per heavy atom. The predicted octanol–water partition coefficient (Wildman–Crippen LogP) is 2.72. The topological polar surface area (TPSA) is 90.8 Å². The highest BCUT2D eigenvalue weighted by Gasteiger charge is 2.14. The van der Waals surface area contributed by atoms with Crippen molar-refractivity contribution in [3.63, 3.8) is 0 Å². The van der Waals surface area contributed by atoms with Gasteiger partial charge < -0.3 is 4.42 Å². The molecule has 4 rings (SSSR count). The molecule has 1 amide bonds. The number of nitrogens with zero attached hydrogens (tertiary/aromatic N) is 5. The monoisotopic (exact) mass is 362 g/mol. The lowest BCUT2D eigenvalue weighted by Gasteiger charge is -2.04. The van der Waals surface area contributed by atoms with Crippen LogP contribution in [-0.2, 0) is 13.1 Å². The van der Waals surface area contributed by atoms with Crippen LogP contribution in [0.15, 0.2) is 65.6 Å². The molecule has 0 bridgehead atoms. The molecule has 0 radical (unpaired) electrons. The van der Waals surface area contributed by atoms with E-state index in [0.717, 1.165) is 5.56 Å². The molecule has 0 spiro atoms. The average molecular weight is 362 g/mol. The van der Waals surface area contributed by atoms with Gasteiger partial charge in [0.05, 0.1) is 13.1 Å². The zero-order valence-electron chi connectivity index (χ0n) is 14.7. The number of rotatable bonds is 6. The van der Waals surface area contributed by atoms with E-state index in [9.17, 15) is 4.79 Å². The Labute approximate surface area is 155 Å². The second kappa shape index (κ2) is 7.28. The number of aryl methyl sites for hydroxylation is 1. The van der Waals surface area contributed by atoms with Crippen LogP contribution >= 0.6 is 0 Å². The normalized spacial score (nSPS) is 10.9. The molecule has 3 aromatic heterocycles. The number of carbonyl (C=O) groups excluding carboxylic acids is 1. The molecule has 0 atom stereocenters. The lowest BCUT2D eigenvalue weighted by atomic mass is 10.1. The summed E-state index contributed by atoms with van der Waals surface area (Å²) in [5.74, 6) is 0.684. The van der Waals surface area contributed by atoms with Gasteiger partial charge in [-0.2, -0.15) is 5.10 Å². The third-order valence-electron chi connectivity index (χ3n) is 4.12. The molecule has 8 heteroatoms. The van der Waals surface area contributed by atoms with E-state index in [0.29, 0.717) is 18.8 Å². The van der Waals surface area contributed by atoms with Crippen LogP contribution in [0.4, 0.5) is 5.95 Å². The smallest absolute Gasteiger partial charge is 0.293 e. The fourth-order valence-corrected chi connectivity index (χ4v) is 2.69. The predicted molar refractivity (Wildman–Crippen MR) is 98.3 cm³/mol. The Kier molecular flexibility index (Phi) is 4.52. The van der Waals surface area contributed by atoms with E-state index in [1.807, 2.05) is 43.5 Å². The third-order valence-corrected chi connectivity index (χ3v) is 4.12. The second-order valence-electron chi connectivity index (χ2n) is 6.12. The summed E-state index contributed by atoms with van der Waals surface area (Å²) in [6, 6.07) is 13.3. The lowest BCUT2D eigenvalue weighted by molar-refractivity contribution is 0.0993. The van der Waals surface area contributed by atoms with Crippen LogP contribution in [0.3, 0.4) is 0 Å². The molecule has 27 heavy (non-hydrogen) atoms. The van der Waals surface area contributed by atoms with E-state index in [4.69, 9.17) is 4.42 Å². The van der Waals surface area contributed by atoms with Crippen molar-refractivity contribution in [2.45, 2.75) is 20.0 Å². The standard InChI is InChI=1S/C19H18N6O2/c1-14-5-2-3-6-15(14)11-25-13-20-19(23-25)22-18(26)17-8-7-16(27-17)12-24-10-4-9-21-24/h2-10,13H,11-12H2,1H3,(H,22,23,26). The van der Waals surface area contributed by atoms with E-state index >= 15 is 0 Å². The van der Waals surface area contributed by atoms with Gasteiger partial charge in [-0.05, 0) is 36.2 Å². The van der Waals surface area contributed by atoms with Crippen LogP contribution in [-0.4, -0.2) is 30.5 Å². The number of hydrogen-bond donors (Lipinski definition) is 1. The molecule has 0 saturated heterocycles. The first-order valence-corrected chi connectivity index (χ1v) is 8.49. The Morgan fingerprint density at radius 3 is 2.81 bits per heavy atom. The molecular formula is C19H18N6O2. The van der Waals surface area contributed by atoms with E-state index in [1.165, 1.54) is 5.56 Å². The van der Waals surface area contributed by atoms with Crippen LogP contribution in [0.5, 0.6) is 0 Å². The first kappa shape index (κ1) is 16.8. The van der Waals surface area contributed by atoms with E-state index in [-0.39, 0.29) is 11.7 Å². The molecule has 0 unspecified atom stereocenters.